The van der Waals surface area contributed by atoms with Gasteiger partial charge in [0.2, 0.25) is 0 Å². The van der Waals surface area contributed by atoms with Gasteiger partial charge in [0.1, 0.15) is 5.60 Å². The highest BCUT2D eigenvalue weighted by molar-refractivity contribution is 6.32. The molecule has 0 spiro atoms. The van der Waals surface area contributed by atoms with Crippen LogP contribution in [0.2, 0.25) is 5.02 Å². The molecular weight excluding hydrogens is 286 g/mol. The fourth-order valence-corrected chi connectivity index (χ4v) is 1.83. The number of carbonyl (C=O) groups is 1. The Balaban J connectivity index is 2.46. The number of halogens is 1. The summed E-state index contributed by atoms with van der Waals surface area (Å²) in [5.41, 5.74) is 2.50. The van der Waals surface area contributed by atoms with Crippen molar-refractivity contribution in [1.29, 1.82) is 0 Å². The van der Waals surface area contributed by atoms with Gasteiger partial charge in [-0.05, 0) is 57.9 Å². The molecular formula is C17H22ClNO2. The van der Waals surface area contributed by atoms with Crippen molar-refractivity contribution in [3.05, 3.63) is 33.8 Å². The third-order valence-corrected chi connectivity index (χ3v) is 3.18. The lowest BCUT2D eigenvalue weighted by atomic mass is 10.1. The first-order valence-electron chi connectivity index (χ1n) is 6.91. The van der Waals surface area contributed by atoms with Gasteiger partial charge in [-0.25, -0.2) is 4.79 Å². The first kappa shape index (κ1) is 17.4. The average molecular weight is 308 g/mol. The van der Waals surface area contributed by atoms with Gasteiger partial charge in [-0.15, -0.1) is 0 Å². The average Bonchev–Trinajstić information content (AvgIpc) is 2.33. The Kier molecular flexibility index (Phi) is 6.11. The van der Waals surface area contributed by atoms with E-state index in [1.165, 1.54) is 0 Å². The second-order valence-electron chi connectivity index (χ2n) is 5.90. The van der Waals surface area contributed by atoms with Crippen molar-refractivity contribution < 1.29 is 9.53 Å². The summed E-state index contributed by atoms with van der Waals surface area (Å²) in [6.07, 6.45) is 0.155. The SMILES string of the molecule is Cc1cc(C#CCCNC(=O)OC(C)(C)C)cc(C)c1Cl. The Labute approximate surface area is 132 Å². The molecule has 0 fully saturated rings. The van der Waals surface area contributed by atoms with Crippen molar-refractivity contribution >= 4 is 17.7 Å². The van der Waals surface area contributed by atoms with E-state index in [4.69, 9.17) is 16.3 Å². The van der Waals surface area contributed by atoms with Crippen LogP contribution in [0.3, 0.4) is 0 Å². The van der Waals surface area contributed by atoms with E-state index in [1.807, 2.05) is 46.8 Å². The molecule has 0 aromatic heterocycles. The van der Waals surface area contributed by atoms with Gasteiger partial charge >= 0.3 is 6.09 Å². The zero-order valence-corrected chi connectivity index (χ0v) is 14.0. The molecule has 1 amide bonds. The highest BCUT2D eigenvalue weighted by Gasteiger charge is 2.15. The quantitative estimate of drug-likeness (QED) is 0.656. The number of hydrogen-bond acceptors (Lipinski definition) is 2. The summed E-state index contributed by atoms with van der Waals surface area (Å²) in [4.78, 5) is 11.4. The fraction of sp³-hybridized carbons (Fsp3) is 0.471. The molecule has 0 aliphatic rings. The van der Waals surface area contributed by atoms with Crippen LogP contribution in [0.25, 0.3) is 0 Å². The minimum absolute atomic E-state index is 0.414. The van der Waals surface area contributed by atoms with E-state index in [-0.39, 0.29) is 0 Å². The zero-order chi connectivity index (χ0) is 16.0. The number of carbonyl (C=O) groups excluding carboxylic acids is 1. The molecule has 3 nitrogen and oxygen atoms in total. The van der Waals surface area contributed by atoms with Crippen LogP contribution in [0.4, 0.5) is 4.79 Å². The fourth-order valence-electron chi connectivity index (χ4n) is 1.72. The van der Waals surface area contributed by atoms with E-state index in [9.17, 15) is 4.79 Å². The first-order valence-corrected chi connectivity index (χ1v) is 7.29. The molecule has 114 valence electrons. The largest absolute Gasteiger partial charge is 0.444 e. The Hall–Kier alpha value is -1.66. The minimum atomic E-state index is -0.478. The number of aryl methyl sites for hydroxylation is 2. The van der Waals surface area contributed by atoms with Crippen LogP contribution >= 0.6 is 11.6 Å². The van der Waals surface area contributed by atoms with Gasteiger partial charge < -0.3 is 10.1 Å². The van der Waals surface area contributed by atoms with Crippen LogP contribution in [0, 0.1) is 25.7 Å². The topological polar surface area (TPSA) is 38.3 Å². The lowest BCUT2D eigenvalue weighted by molar-refractivity contribution is 0.0529. The third-order valence-electron chi connectivity index (χ3n) is 2.59. The molecule has 0 unspecified atom stereocenters. The lowest BCUT2D eigenvalue weighted by Crippen LogP contribution is -2.32. The number of benzene rings is 1. The van der Waals surface area contributed by atoms with E-state index >= 15 is 0 Å². The molecule has 0 heterocycles. The van der Waals surface area contributed by atoms with Crippen LogP contribution in [-0.4, -0.2) is 18.2 Å². The van der Waals surface area contributed by atoms with E-state index < -0.39 is 11.7 Å². The Morgan fingerprint density at radius 3 is 2.38 bits per heavy atom. The van der Waals surface area contributed by atoms with Crippen LogP contribution in [-0.2, 0) is 4.74 Å². The molecule has 0 aliphatic heterocycles. The van der Waals surface area contributed by atoms with Crippen molar-refractivity contribution in [2.45, 2.75) is 46.6 Å². The number of ether oxygens (including phenoxy) is 1. The number of alkyl carbamates (subject to hydrolysis) is 1. The summed E-state index contributed by atoms with van der Waals surface area (Å²) in [6.45, 7) is 9.88. The molecule has 0 aliphatic carbocycles. The summed E-state index contributed by atoms with van der Waals surface area (Å²) in [6, 6.07) is 3.92. The molecule has 1 rings (SSSR count). The molecule has 4 heteroatoms. The number of hydrogen-bond donors (Lipinski definition) is 1. The summed E-state index contributed by atoms with van der Waals surface area (Å²) < 4.78 is 5.13. The van der Waals surface area contributed by atoms with Crippen molar-refractivity contribution in [3.63, 3.8) is 0 Å². The molecule has 1 aromatic carbocycles. The predicted octanol–water partition coefficient (Wildman–Crippen LogP) is 4.22. The van der Waals surface area contributed by atoms with Crippen molar-refractivity contribution in [3.8, 4) is 11.8 Å². The standard InChI is InChI=1S/C17H22ClNO2/c1-12-10-14(11-13(2)15(12)18)8-6-7-9-19-16(20)21-17(3,4)5/h10-11H,7,9H2,1-5H3,(H,19,20). The summed E-state index contributed by atoms with van der Waals surface area (Å²) in [5.74, 6) is 6.11. The number of amides is 1. The van der Waals surface area contributed by atoms with Crippen molar-refractivity contribution in [2.24, 2.45) is 0 Å². The zero-order valence-electron chi connectivity index (χ0n) is 13.3. The Bertz CT molecular complexity index is 554. The van der Waals surface area contributed by atoms with Gasteiger partial charge in [0.05, 0.1) is 0 Å². The molecule has 1 aromatic rings. The van der Waals surface area contributed by atoms with Crippen LogP contribution in [0.1, 0.15) is 43.9 Å². The predicted molar refractivity (Wildman–Crippen MR) is 86.7 cm³/mol. The summed E-state index contributed by atoms with van der Waals surface area (Å²) in [5, 5.41) is 3.46. The minimum Gasteiger partial charge on any atom is -0.444 e. The highest BCUT2D eigenvalue weighted by Crippen LogP contribution is 2.21. The van der Waals surface area contributed by atoms with Crippen LogP contribution in [0.5, 0.6) is 0 Å². The van der Waals surface area contributed by atoms with E-state index in [2.05, 4.69) is 17.2 Å². The van der Waals surface area contributed by atoms with Gasteiger partial charge in [0.15, 0.2) is 0 Å². The van der Waals surface area contributed by atoms with Crippen LogP contribution in [0.15, 0.2) is 12.1 Å². The van der Waals surface area contributed by atoms with E-state index in [0.717, 1.165) is 21.7 Å². The van der Waals surface area contributed by atoms with Gasteiger partial charge in [-0.2, -0.15) is 0 Å². The van der Waals surface area contributed by atoms with Gasteiger partial charge in [0.25, 0.3) is 0 Å². The van der Waals surface area contributed by atoms with Gasteiger partial charge in [-0.1, -0.05) is 23.4 Å². The monoisotopic (exact) mass is 307 g/mol. The Morgan fingerprint density at radius 2 is 1.86 bits per heavy atom. The van der Waals surface area contributed by atoms with Gasteiger partial charge in [-0.3, -0.25) is 0 Å². The molecule has 0 saturated heterocycles. The Morgan fingerprint density at radius 1 is 1.29 bits per heavy atom. The second-order valence-corrected chi connectivity index (χ2v) is 6.28. The molecule has 1 N–H and O–H groups in total. The second kappa shape index (κ2) is 7.38. The highest BCUT2D eigenvalue weighted by atomic mass is 35.5. The van der Waals surface area contributed by atoms with Crippen molar-refractivity contribution in [2.75, 3.05) is 6.54 Å². The number of nitrogens with one attached hydrogen (secondary N) is 1. The smallest absolute Gasteiger partial charge is 0.407 e. The molecule has 0 bridgehead atoms. The maximum Gasteiger partial charge on any atom is 0.407 e. The molecule has 21 heavy (non-hydrogen) atoms. The van der Waals surface area contributed by atoms with Gasteiger partial charge in [0, 0.05) is 23.6 Å². The third kappa shape index (κ3) is 6.55. The van der Waals surface area contributed by atoms with E-state index in [0.29, 0.717) is 13.0 Å². The molecule has 0 saturated carbocycles. The van der Waals surface area contributed by atoms with Crippen molar-refractivity contribution in [1.82, 2.24) is 5.32 Å². The summed E-state index contributed by atoms with van der Waals surface area (Å²) >= 11 is 6.11. The lowest BCUT2D eigenvalue weighted by Gasteiger charge is -2.19. The summed E-state index contributed by atoms with van der Waals surface area (Å²) in [7, 11) is 0. The van der Waals surface area contributed by atoms with Crippen LogP contribution < -0.4 is 5.32 Å². The maximum atomic E-state index is 11.4. The van der Waals surface area contributed by atoms with E-state index in [1.54, 1.807) is 0 Å². The maximum absolute atomic E-state index is 11.4. The number of rotatable bonds is 2. The molecule has 0 radical (unpaired) electrons. The normalized spacial score (nSPS) is 10.6. The first-order chi connectivity index (χ1) is 9.69. The molecule has 0 atom stereocenters.